The van der Waals surface area contributed by atoms with Gasteiger partial charge in [-0.15, -0.1) is 0 Å². The number of aryl methyl sites for hydroxylation is 1. The molecule has 1 saturated heterocycles. The fraction of sp³-hybridized carbons (Fsp3) is 0.444. The molecule has 4 nitrogen and oxygen atoms in total. The predicted octanol–water partition coefficient (Wildman–Crippen LogP) is 3.13. The number of hydrogen-bond acceptors (Lipinski definition) is 4. The first-order valence-electron chi connectivity index (χ1n) is 8.29. The van der Waals surface area contributed by atoms with Gasteiger partial charge in [0.25, 0.3) is 0 Å². The van der Waals surface area contributed by atoms with E-state index in [1.54, 1.807) is 0 Å². The highest BCUT2D eigenvalue weighted by molar-refractivity contribution is 5.51. The van der Waals surface area contributed by atoms with Gasteiger partial charge >= 0.3 is 0 Å². The van der Waals surface area contributed by atoms with E-state index in [1.807, 2.05) is 0 Å². The average molecular weight is 312 g/mol. The Hall–Kier alpha value is -2.17. The highest BCUT2D eigenvalue weighted by atomic mass is 19.1. The largest absolute Gasteiger partial charge is 0.368 e. The van der Waals surface area contributed by atoms with Crippen LogP contribution in [0.15, 0.2) is 30.6 Å². The molecule has 5 heteroatoms. The van der Waals surface area contributed by atoms with Crippen LogP contribution in [-0.2, 0) is 0 Å². The first-order valence-corrected chi connectivity index (χ1v) is 8.29. The van der Waals surface area contributed by atoms with Crippen LogP contribution in [-0.4, -0.2) is 36.1 Å². The van der Waals surface area contributed by atoms with E-state index >= 15 is 0 Å². The summed E-state index contributed by atoms with van der Waals surface area (Å²) in [6.45, 7) is 5.44. The van der Waals surface area contributed by atoms with Gasteiger partial charge in [-0.05, 0) is 37.5 Å². The number of aromatic nitrogens is 2. The van der Waals surface area contributed by atoms with Crippen molar-refractivity contribution < 1.29 is 4.39 Å². The minimum Gasteiger partial charge on any atom is -0.368 e. The molecule has 1 aliphatic heterocycles. The van der Waals surface area contributed by atoms with Crippen LogP contribution in [0, 0.1) is 12.7 Å². The Morgan fingerprint density at radius 2 is 1.78 bits per heavy atom. The van der Waals surface area contributed by atoms with E-state index in [1.165, 1.54) is 17.6 Å². The maximum Gasteiger partial charge on any atom is 0.187 e. The monoisotopic (exact) mass is 312 g/mol. The van der Waals surface area contributed by atoms with E-state index in [0.29, 0.717) is 17.4 Å². The van der Waals surface area contributed by atoms with E-state index in [0.717, 1.165) is 39.0 Å². The third-order valence-corrected chi connectivity index (χ3v) is 4.71. The van der Waals surface area contributed by atoms with Crippen molar-refractivity contribution in [1.29, 1.82) is 0 Å². The Bertz CT molecular complexity index is 706. The summed E-state index contributed by atoms with van der Waals surface area (Å²) in [4.78, 5) is 12.8. The fourth-order valence-electron chi connectivity index (χ4n) is 3.24. The molecule has 0 amide bonds. The number of nitrogens with zero attached hydrogens (tertiary/aromatic N) is 4. The van der Waals surface area contributed by atoms with Crippen molar-refractivity contribution in [3.05, 3.63) is 47.7 Å². The van der Waals surface area contributed by atoms with Gasteiger partial charge in [0.1, 0.15) is 6.33 Å². The van der Waals surface area contributed by atoms with Crippen molar-refractivity contribution in [3.8, 4) is 0 Å². The van der Waals surface area contributed by atoms with Gasteiger partial charge in [0, 0.05) is 37.8 Å². The van der Waals surface area contributed by atoms with E-state index in [4.69, 9.17) is 0 Å². The summed E-state index contributed by atoms with van der Waals surface area (Å²) >= 11 is 0. The lowest BCUT2D eigenvalue weighted by Gasteiger charge is -2.37. The van der Waals surface area contributed by atoms with Crippen LogP contribution in [0.4, 0.5) is 15.9 Å². The second kappa shape index (κ2) is 5.80. The van der Waals surface area contributed by atoms with Crippen LogP contribution < -0.4 is 9.80 Å². The minimum atomic E-state index is -0.209. The van der Waals surface area contributed by atoms with Crippen LogP contribution in [0.2, 0.25) is 0 Å². The Balaban J connectivity index is 1.48. The summed E-state index contributed by atoms with van der Waals surface area (Å²) in [5.74, 6) is 0.579. The summed E-state index contributed by atoms with van der Waals surface area (Å²) < 4.78 is 14.6. The molecule has 2 fully saturated rings. The van der Waals surface area contributed by atoms with Gasteiger partial charge in [-0.2, -0.15) is 0 Å². The number of benzene rings is 1. The topological polar surface area (TPSA) is 32.3 Å². The Morgan fingerprint density at radius 3 is 2.48 bits per heavy atom. The van der Waals surface area contributed by atoms with Gasteiger partial charge in [-0.3, -0.25) is 0 Å². The zero-order valence-electron chi connectivity index (χ0n) is 13.4. The maximum absolute atomic E-state index is 14.6. The number of anilines is 2. The van der Waals surface area contributed by atoms with Gasteiger partial charge < -0.3 is 9.80 Å². The third-order valence-electron chi connectivity index (χ3n) is 4.71. The van der Waals surface area contributed by atoms with Gasteiger partial charge in [-0.1, -0.05) is 12.1 Å². The number of halogens is 1. The molecule has 0 N–H and O–H groups in total. The zero-order chi connectivity index (χ0) is 15.8. The van der Waals surface area contributed by atoms with Crippen LogP contribution in [0.1, 0.15) is 30.0 Å². The predicted molar refractivity (Wildman–Crippen MR) is 89.6 cm³/mol. The lowest BCUT2D eigenvalue weighted by Crippen LogP contribution is -2.47. The van der Waals surface area contributed by atoms with E-state index in [-0.39, 0.29) is 5.82 Å². The second-order valence-electron chi connectivity index (χ2n) is 6.48. The Labute approximate surface area is 136 Å². The molecule has 1 aliphatic carbocycles. The molecule has 1 aromatic heterocycles. The standard InChI is InChI=1S/C18H21FN4/c1-13-3-2-4-15(11-13)22-7-9-23(10-8-22)18-16(19)17(14-5-6-14)20-12-21-18/h2-4,11-12,14H,5-10H2,1H3. The van der Waals surface area contributed by atoms with Crippen molar-refractivity contribution in [1.82, 2.24) is 9.97 Å². The van der Waals surface area contributed by atoms with Crippen molar-refractivity contribution in [3.63, 3.8) is 0 Å². The molecule has 0 unspecified atom stereocenters. The normalized spacial score (nSPS) is 18.3. The quantitative estimate of drug-likeness (QED) is 0.871. The molecule has 2 aromatic rings. The molecule has 0 atom stereocenters. The van der Waals surface area contributed by atoms with E-state index in [2.05, 4.69) is 51.0 Å². The molecule has 120 valence electrons. The first kappa shape index (κ1) is 14.4. The van der Waals surface area contributed by atoms with Crippen molar-refractivity contribution in [2.75, 3.05) is 36.0 Å². The summed E-state index contributed by atoms with van der Waals surface area (Å²) in [7, 11) is 0. The lowest BCUT2D eigenvalue weighted by atomic mass is 10.2. The summed E-state index contributed by atoms with van der Waals surface area (Å²) in [5, 5.41) is 0. The first-order chi connectivity index (χ1) is 11.2. The highest BCUT2D eigenvalue weighted by Gasteiger charge is 2.31. The van der Waals surface area contributed by atoms with Gasteiger partial charge in [-0.25, -0.2) is 14.4 Å². The lowest BCUT2D eigenvalue weighted by molar-refractivity contribution is 0.567. The van der Waals surface area contributed by atoms with Crippen molar-refractivity contribution in [2.24, 2.45) is 0 Å². The Kier molecular flexibility index (Phi) is 3.63. The fourth-order valence-corrected chi connectivity index (χ4v) is 3.24. The molecule has 1 aromatic carbocycles. The van der Waals surface area contributed by atoms with Crippen LogP contribution in [0.25, 0.3) is 0 Å². The number of rotatable bonds is 3. The molecule has 2 aliphatic rings. The Morgan fingerprint density at radius 1 is 1.04 bits per heavy atom. The van der Waals surface area contributed by atoms with Crippen LogP contribution in [0.3, 0.4) is 0 Å². The number of hydrogen-bond donors (Lipinski definition) is 0. The molecule has 0 bridgehead atoms. The SMILES string of the molecule is Cc1cccc(N2CCN(c3ncnc(C4CC4)c3F)CC2)c1. The molecule has 1 saturated carbocycles. The molecular weight excluding hydrogens is 291 g/mol. The summed E-state index contributed by atoms with van der Waals surface area (Å²) in [6.07, 6.45) is 3.61. The van der Waals surface area contributed by atoms with Crippen LogP contribution in [0.5, 0.6) is 0 Å². The van der Waals surface area contributed by atoms with E-state index in [9.17, 15) is 4.39 Å². The molecule has 2 heterocycles. The maximum atomic E-state index is 14.6. The molecule has 4 rings (SSSR count). The zero-order valence-corrected chi connectivity index (χ0v) is 13.4. The van der Waals surface area contributed by atoms with Crippen molar-refractivity contribution >= 4 is 11.5 Å². The minimum absolute atomic E-state index is 0.209. The third kappa shape index (κ3) is 2.87. The van der Waals surface area contributed by atoms with E-state index < -0.39 is 0 Å². The van der Waals surface area contributed by atoms with Gasteiger partial charge in [0.15, 0.2) is 11.6 Å². The molecule has 23 heavy (non-hydrogen) atoms. The average Bonchev–Trinajstić information content (AvgIpc) is 3.40. The molecule has 0 radical (unpaired) electrons. The second-order valence-corrected chi connectivity index (χ2v) is 6.48. The van der Waals surface area contributed by atoms with Gasteiger partial charge in [0.2, 0.25) is 0 Å². The highest BCUT2D eigenvalue weighted by Crippen LogP contribution is 2.41. The smallest absolute Gasteiger partial charge is 0.187 e. The van der Waals surface area contributed by atoms with Gasteiger partial charge in [0.05, 0.1) is 5.69 Å². The molecular formula is C18H21FN4. The van der Waals surface area contributed by atoms with Crippen LogP contribution >= 0.6 is 0 Å². The number of piperazine rings is 1. The van der Waals surface area contributed by atoms with Crippen molar-refractivity contribution in [2.45, 2.75) is 25.7 Å². The summed E-state index contributed by atoms with van der Waals surface area (Å²) in [5.41, 5.74) is 3.11. The summed E-state index contributed by atoms with van der Waals surface area (Å²) in [6, 6.07) is 8.53. The molecule has 0 spiro atoms.